The van der Waals surface area contributed by atoms with Crippen LogP contribution >= 0.6 is 0 Å². The lowest BCUT2D eigenvalue weighted by Gasteiger charge is -2.12. The van der Waals surface area contributed by atoms with Crippen LogP contribution in [0.5, 0.6) is 0 Å². The predicted octanol–water partition coefficient (Wildman–Crippen LogP) is 4.69. The summed E-state index contributed by atoms with van der Waals surface area (Å²) in [5.74, 6) is 1.59. The lowest BCUT2D eigenvalue weighted by molar-refractivity contribution is 0.745. The number of aromatic amines is 1. The molecule has 0 atom stereocenters. The summed E-state index contributed by atoms with van der Waals surface area (Å²) in [7, 11) is 0. The van der Waals surface area contributed by atoms with Gasteiger partial charge >= 0.3 is 0 Å². The first-order chi connectivity index (χ1) is 17.6. The molecule has 178 valence electrons. The molecule has 4 aromatic heterocycles. The fraction of sp³-hybridized carbons (Fsp3) is 0.185. The molecular formula is C27H25N9. The number of imidazole rings is 1. The smallest absolute Gasteiger partial charge is 0.205 e. The molecular weight excluding hydrogens is 450 g/mol. The molecule has 9 heteroatoms. The van der Waals surface area contributed by atoms with Gasteiger partial charge in [-0.3, -0.25) is 0 Å². The summed E-state index contributed by atoms with van der Waals surface area (Å²) in [4.78, 5) is 9.69. The van der Waals surface area contributed by atoms with E-state index >= 15 is 0 Å². The number of hydrogen-bond acceptors (Lipinski definition) is 6. The van der Waals surface area contributed by atoms with Crippen molar-refractivity contribution in [3.05, 3.63) is 89.6 Å². The fourth-order valence-corrected chi connectivity index (χ4v) is 4.66. The molecule has 0 saturated heterocycles. The number of nitrogens with one attached hydrogen (secondary N) is 1. The van der Waals surface area contributed by atoms with Crippen LogP contribution in [-0.4, -0.2) is 44.9 Å². The number of nitrogens with zero attached hydrogens (tertiary/aromatic N) is 8. The Balaban J connectivity index is 1.39. The summed E-state index contributed by atoms with van der Waals surface area (Å²) < 4.78 is 4.07. The van der Waals surface area contributed by atoms with Crippen molar-refractivity contribution in [1.82, 2.24) is 44.9 Å². The van der Waals surface area contributed by atoms with Crippen LogP contribution in [0.15, 0.2) is 67.0 Å². The molecule has 4 heterocycles. The highest BCUT2D eigenvalue weighted by Crippen LogP contribution is 2.32. The number of aryl methyl sites for hydroxylation is 3. The summed E-state index contributed by atoms with van der Waals surface area (Å²) in [5, 5.41) is 19.1. The Morgan fingerprint density at radius 2 is 1.81 bits per heavy atom. The van der Waals surface area contributed by atoms with Crippen molar-refractivity contribution in [2.75, 3.05) is 0 Å². The van der Waals surface area contributed by atoms with Crippen LogP contribution in [0.2, 0.25) is 0 Å². The number of H-pyrrole nitrogens is 1. The Labute approximate surface area is 207 Å². The minimum Gasteiger partial charge on any atom is -0.308 e. The Kier molecular flexibility index (Phi) is 5.37. The van der Waals surface area contributed by atoms with Crippen LogP contribution in [0.25, 0.3) is 39.4 Å². The van der Waals surface area contributed by atoms with Gasteiger partial charge in [-0.05, 0) is 71.6 Å². The molecule has 36 heavy (non-hydrogen) atoms. The number of benzene rings is 2. The number of rotatable bonds is 6. The fourth-order valence-electron chi connectivity index (χ4n) is 4.66. The standard InChI is InChI=1S/C27H25N9/c1-4-24-30-25-17(2)14-18(3)29-27(25)35(24)16-19-6-8-20(9-7-19)23-15-21(36-13-5-12-28-36)10-11-22(23)26-31-33-34-32-26/h5-15H,4,16H2,1-3H3,(H,31,32,33,34). The Bertz CT molecular complexity index is 1640. The molecule has 0 spiro atoms. The van der Waals surface area contributed by atoms with Gasteiger partial charge in [0.15, 0.2) is 5.65 Å². The third-order valence-corrected chi connectivity index (χ3v) is 6.38. The van der Waals surface area contributed by atoms with Crippen LogP contribution in [0.4, 0.5) is 0 Å². The average Bonchev–Trinajstić information content (AvgIpc) is 3.66. The summed E-state index contributed by atoms with van der Waals surface area (Å²) in [6.07, 6.45) is 4.54. The van der Waals surface area contributed by atoms with Gasteiger partial charge in [-0.2, -0.15) is 10.3 Å². The van der Waals surface area contributed by atoms with Gasteiger partial charge in [0, 0.05) is 30.1 Å². The minimum absolute atomic E-state index is 0.551. The Morgan fingerprint density at radius 1 is 0.944 bits per heavy atom. The predicted molar refractivity (Wildman–Crippen MR) is 138 cm³/mol. The maximum atomic E-state index is 4.88. The summed E-state index contributed by atoms with van der Waals surface area (Å²) in [6.45, 7) is 6.97. The second-order valence-electron chi connectivity index (χ2n) is 8.83. The highest BCUT2D eigenvalue weighted by Gasteiger charge is 2.16. The zero-order valence-corrected chi connectivity index (χ0v) is 20.3. The van der Waals surface area contributed by atoms with E-state index in [0.717, 1.165) is 57.0 Å². The lowest BCUT2D eigenvalue weighted by atomic mass is 9.97. The van der Waals surface area contributed by atoms with Crippen LogP contribution in [-0.2, 0) is 13.0 Å². The number of tetrazole rings is 1. The van der Waals surface area contributed by atoms with Crippen LogP contribution in [0.3, 0.4) is 0 Å². The monoisotopic (exact) mass is 475 g/mol. The lowest BCUT2D eigenvalue weighted by Crippen LogP contribution is -2.05. The average molecular weight is 476 g/mol. The normalized spacial score (nSPS) is 11.4. The molecule has 6 aromatic rings. The maximum Gasteiger partial charge on any atom is 0.205 e. The summed E-state index contributed by atoms with van der Waals surface area (Å²) in [6, 6.07) is 18.7. The van der Waals surface area contributed by atoms with Crippen molar-refractivity contribution in [1.29, 1.82) is 0 Å². The van der Waals surface area contributed by atoms with E-state index in [-0.39, 0.29) is 0 Å². The zero-order valence-electron chi connectivity index (χ0n) is 20.3. The van der Waals surface area contributed by atoms with Crippen molar-refractivity contribution >= 4 is 11.2 Å². The highest BCUT2D eigenvalue weighted by molar-refractivity contribution is 5.82. The van der Waals surface area contributed by atoms with Crippen LogP contribution in [0, 0.1) is 13.8 Å². The first kappa shape index (κ1) is 21.8. The van der Waals surface area contributed by atoms with Gasteiger partial charge in [0.25, 0.3) is 0 Å². The third kappa shape index (κ3) is 3.84. The SMILES string of the molecule is CCc1nc2c(C)cc(C)nc2n1Cc1ccc(-c2cc(-n3cccn3)ccc2-c2nn[nH]n2)cc1. The van der Waals surface area contributed by atoms with Crippen LogP contribution in [0.1, 0.15) is 29.6 Å². The van der Waals surface area contributed by atoms with Gasteiger partial charge in [0.2, 0.25) is 5.82 Å². The minimum atomic E-state index is 0.551. The van der Waals surface area contributed by atoms with Crippen molar-refractivity contribution in [2.45, 2.75) is 33.7 Å². The number of pyridine rings is 1. The van der Waals surface area contributed by atoms with Gasteiger partial charge in [-0.25, -0.2) is 14.6 Å². The maximum absolute atomic E-state index is 4.88. The Hall–Kier alpha value is -4.66. The molecule has 0 aliphatic carbocycles. The van der Waals surface area contributed by atoms with Crippen molar-refractivity contribution in [3.63, 3.8) is 0 Å². The van der Waals surface area contributed by atoms with Crippen LogP contribution < -0.4 is 0 Å². The molecule has 0 fully saturated rings. The first-order valence-corrected chi connectivity index (χ1v) is 11.9. The first-order valence-electron chi connectivity index (χ1n) is 11.9. The van der Waals surface area contributed by atoms with Crippen molar-refractivity contribution in [3.8, 4) is 28.2 Å². The third-order valence-electron chi connectivity index (χ3n) is 6.38. The number of aromatic nitrogens is 9. The zero-order chi connectivity index (χ0) is 24.6. The number of hydrogen-bond donors (Lipinski definition) is 1. The molecule has 0 radical (unpaired) electrons. The second kappa shape index (κ2) is 8.84. The molecule has 9 nitrogen and oxygen atoms in total. The molecule has 0 amide bonds. The van der Waals surface area contributed by atoms with E-state index in [2.05, 4.69) is 80.5 Å². The highest BCUT2D eigenvalue weighted by atomic mass is 15.5. The molecule has 0 aliphatic heterocycles. The van der Waals surface area contributed by atoms with Gasteiger partial charge < -0.3 is 4.57 Å². The van der Waals surface area contributed by atoms with E-state index in [1.807, 2.05) is 36.0 Å². The van der Waals surface area contributed by atoms with Crippen molar-refractivity contribution < 1.29 is 0 Å². The summed E-state index contributed by atoms with van der Waals surface area (Å²) in [5.41, 5.74) is 9.19. The second-order valence-corrected chi connectivity index (χ2v) is 8.83. The molecule has 0 aliphatic rings. The Morgan fingerprint density at radius 3 is 2.53 bits per heavy atom. The van der Waals surface area contributed by atoms with E-state index in [1.165, 1.54) is 5.56 Å². The summed E-state index contributed by atoms with van der Waals surface area (Å²) >= 11 is 0. The van der Waals surface area contributed by atoms with Gasteiger partial charge in [-0.1, -0.05) is 31.2 Å². The van der Waals surface area contributed by atoms with E-state index in [9.17, 15) is 0 Å². The molecule has 2 aromatic carbocycles. The molecule has 6 rings (SSSR count). The molecule has 0 bridgehead atoms. The van der Waals surface area contributed by atoms with E-state index in [0.29, 0.717) is 12.4 Å². The van der Waals surface area contributed by atoms with E-state index in [1.54, 1.807) is 6.20 Å². The molecule has 1 N–H and O–H groups in total. The topological polar surface area (TPSA) is 103 Å². The molecule has 0 saturated carbocycles. The van der Waals surface area contributed by atoms with E-state index in [4.69, 9.17) is 9.97 Å². The van der Waals surface area contributed by atoms with Gasteiger partial charge in [0.05, 0.1) is 12.2 Å². The van der Waals surface area contributed by atoms with Gasteiger partial charge in [-0.15, -0.1) is 10.2 Å². The quantitative estimate of drug-likeness (QED) is 0.375. The van der Waals surface area contributed by atoms with E-state index < -0.39 is 0 Å². The largest absolute Gasteiger partial charge is 0.308 e. The molecule has 0 unspecified atom stereocenters. The van der Waals surface area contributed by atoms with Gasteiger partial charge in [0.1, 0.15) is 11.3 Å². The van der Waals surface area contributed by atoms with Crippen molar-refractivity contribution in [2.24, 2.45) is 0 Å². The number of fused-ring (bicyclic) bond motifs is 1.